The summed E-state index contributed by atoms with van der Waals surface area (Å²) < 4.78 is 0. The number of carbonyl (C=O) groups excluding carboxylic acids is 2. The second-order valence-corrected chi connectivity index (χ2v) is 23.7. The molecule has 0 aromatic carbocycles. The summed E-state index contributed by atoms with van der Waals surface area (Å²) in [7, 11) is 0. The summed E-state index contributed by atoms with van der Waals surface area (Å²) in [5.74, 6) is 1.28. The van der Waals surface area contributed by atoms with E-state index in [1.54, 1.807) is 24.5 Å². The van der Waals surface area contributed by atoms with Gasteiger partial charge in [0.2, 0.25) is 0 Å². The van der Waals surface area contributed by atoms with Crippen LogP contribution in [0.3, 0.4) is 0 Å². The number of pyridine rings is 11. The first kappa shape index (κ1) is 72.6. The van der Waals surface area contributed by atoms with Gasteiger partial charge >= 0.3 is 150 Å². The van der Waals surface area contributed by atoms with E-state index < -0.39 is 0 Å². The number of fused-ring (bicyclic) bond motifs is 19. The molecule has 0 aliphatic carbocycles. The molecule has 0 fully saturated rings. The third kappa shape index (κ3) is 17.6. The minimum absolute atomic E-state index is 0. The van der Waals surface area contributed by atoms with Crippen LogP contribution in [0, 0.1) is 111 Å². The molecule has 0 atom stereocenters. The number of hydrogen-bond donors (Lipinski definition) is 4. The van der Waals surface area contributed by atoms with Gasteiger partial charge < -0.3 is 38.1 Å². The van der Waals surface area contributed by atoms with Crippen molar-refractivity contribution in [3.8, 4) is 56.7 Å². The Morgan fingerprint density at radius 2 is 0.625 bits per heavy atom. The predicted octanol–water partition coefficient (Wildman–Crippen LogP) is 7.11. The van der Waals surface area contributed by atoms with Crippen molar-refractivity contribution in [3.05, 3.63) is 263 Å². The number of rotatable bonds is 6. The standard InChI is InChI=1S/C40H38N12O2.C33H29N5.2Eu.K.H2N/c41-13-15-43-39(53)29-17-27-23-51-21-25-5-1-7-33(47-25)34-8-2-6-26(48-34)22-52(38-12-4-10-36(50-38)35-9-3-11-37(51)49-35)24-28-18-30(40(54)44-16-14-42)32(20-46-28)31(29)19-45-27;1-6-24-16-22-18-26-8-2-12-30(35-26)31-13-3-9-27(36-31)20-23(17-25(7-1)34-24)21-29-11-5-15-33(38-29)32-14-4-10-28(19-22)37-32;;;;/h1-12,17-20H,13-16,21-24,41-42H2,(H,43,53)(H,44,54);1-15,22-23H,16-21H2;;;;1H2/q;;2*+3;+1;-1. The molecule has 6 aliphatic rings. The quantitative estimate of drug-likeness (QED) is 0.121. The molecule has 23 heteroatoms. The van der Waals surface area contributed by atoms with Crippen molar-refractivity contribution >= 4 is 23.5 Å². The average molecular weight is 1570 g/mol. The summed E-state index contributed by atoms with van der Waals surface area (Å²) >= 11 is 0. The van der Waals surface area contributed by atoms with Gasteiger partial charge in [-0.25, -0.2) is 19.9 Å². The number of nitrogens with one attached hydrogen (secondary N) is 2. The molecule has 0 saturated heterocycles. The fraction of sp³-hybridized carbons (Fsp3) is 0.219. The van der Waals surface area contributed by atoms with Crippen LogP contribution in [0.5, 0.6) is 0 Å². The summed E-state index contributed by atoms with van der Waals surface area (Å²) in [4.78, 5) is 87.3. The van der Waals surface area contributed by atoms with Gasteiger partial charge in [0.05, 0.1) is 106 Å². The van der Waals surface area contributed by atoms with Crippen LogP contribution in [0.25, 0.3) is 62.8 Å². The number of hydrogen-bond acceptors (Lipinski definition) is 17. The number of nitrogens with zero attached hydrogens (tertiary/aromatic N) is 13. The van der Waals surface area contributed by atoms with Crippen LogP contribution < -0.4 is 83.3 Å². The van der Waals surface area contributed by atoms with Crippen LogP contribution >= 0.6 is 0 Å². The Morgan fingerprint density at radius 3 is 0.948 bits per heavy atom. The fourth-order valence-electron chi connectivity index (χ4n) is 12.6. The first-order chi connectivity index (χ1) is 45.2. The molecule has 0 spiro atoms. The molecule has 0 radical (unpaired) electrons. The van der Waals surface area contributed by atoms with E-state index in [9.17, 15) is 9.59 Å². The van der Waals surface area contributed by atoms with Crippen molar-refractivity contribution in [2.45, 2.75) is 64.7 Å². The summed E-state index contributed by atoms with van der Waals surface area (Å²) in [5.41, 5.74) is 29.1. The molecule has 8 N–H and O–H groups in total. The summed E-state index contributed by atoms with van der Waals surface area (Å²) in [6, 6.07) is 58.8. The normalized spacial score (nSPS) is 14.6. The topological polar surface area (TPSA) is 292 Å². The Bertz CT molecular complexity index is 4190. The van der Waals surface area contributed by atoms with E-state index in [4.69, 9.17) is 66.3 Å². The Balaban J connectivity index is 0.000000211. The molecule has 96 heavy (non-hydrogen) atoms. The number of amides is 2. The molecule has 6 aliphatic heterocycles. The van der Waals surface area contributed by atoms with Crippen molar-refractivity contribution in [2.75, 3.05) is 36.0 Å². The molecule has 472 valence electrons. The van der Waals surface area contributed by atoms with Gasteiger partial charge in [0.25, 0.3) is 11.8 Å². The van der Waals surface area contributed by atoms with Crippen LogP contribution in [-0.2, 0) is 64.7 Å². The summed E-state index contributed by atoms with van der Waals surface area (Å²) in [6.07, 6.45) is 8.42. The van der Waals surface area contributed by atoms with Crippen LogP contribution in [-0.4, -0.2) is 92.8 Å². The van der Waals surface area contributed by atoms with E-state index in [0.717, 1.165) is 118 Å². The molecule has 11 aromatic heterocycles. The van der Waals surface area contributed by atoms with E-state index in [-0.39, 0.29) is 207 Å². The first-order valence-corrected chi connectivity index (χ1v) is 31.3. The number of carbonyl (C=O) groups is 2. The largest absolute Gasteiger partial charge is 3.00 e. The monoisotopic (exact) mass is 1570 g/mol. The Labute approximate surface area is 682 Å². The van der Waals surface area contributed by atoms with Crippen molar-refractivity contribution in [3.63, 3.8) is 0 Å². The molecule has 11 aromatic rings. The number of aromatic nitrogens is 11. The van der Waals surface area contributed by atoms with Gasteiger partial charge in [-0.15, -0.1) is 0 Å². The van der Waals surface area contributed by atoms with Crippen LogP contribution in [0.1, 0.15) is 77.7 Å². The maximum absolute atomic E-state index is 13.9. The van der Waals surface area contributed by atoms with E-state index in [1.165, 1.54) is 0 Å². The van der Waals surface area contributed by atoms with Gasteiger partial charge in [-0.1, -0.05) is 54.6 Å². The van der Waals surface area contributed by atoms with Crippen LogP contribution in [0.15, 0.2) is 188 Å². The molecule has 2 amide bonds. The minimum Gasteiger partial charge on any atom is -0.693 e. The SMILES string of the molecule is NCCNC(=O)c1cc2ncc1-c1cnc(cc1C(=O)NCCN)CN1Cc3cccc(n3)-c3cccc(n3)CN(C2)c2cccc(n2)-c2cccc1n2.[Eu+3].[Eu+3].[K+].[NH2-].c1cc2nc(c1)CC1Cc3cccc(n3)-c3cccc(n3)CC(C2)Cc2cccc(n2)-c2cccc(n2)C1. The third-order valence-corrected chi connectivity index (χ3v) is 16.8. The zero-order chi connectivity index (χ0) is 62.3. The summed E-state index contributed by atoms with van der Waals surface area (Å²) in [5, 5.41) is 5.81. The zero-order valence-corrected chi connectivity index (χ0v) is 61.0. The second-order valence-electron chi connectivity index (χ2n) is 23.7. The maximum atomic E-state index is 13.9. The molecule has 0 unspecified atom stereocenters. The van der Waals surface area contributed by atoms with E-state index in [2.05, 4.69) is 111 Å². The molecular formula is C73H69Eu2KN18O2+6. The molecule has 17 rings (SSSR count). The predicted molar refractivity (Wildman–Crippen MR) is 359 cm³/mol. The summed E-state index contributed by atoms with van der Waals surface area (Å²) in [6.45, 7) is 2.35. The average Bonchev–Trinajstić information content (AvgIpc) is 0.862. The number of nitrogens with two attached hydrogens (primary N) is 3. The van der Waals surface area contributed by atoms with Gasteiger partial charge in [-0.05, 0) is 172 Å². The maximum Gasteiger partial charge on any atom is 3.00 e. The minimum atomic E-state index is -0.349. The van der Waals surface area contributed by atoms with E-state index in [1.807, 2.05) is 72.8 Å². The Hall–Kier alpha value is -6.12. The number of anilines is 2. The third-order valence-electron chi connectivity index (χ3n) is 16.8. The molecule has 26 bridgehead atoms. The second kappa shape index (κ2) is 34.1. The molecule has 0 saturated carbocycles. The van der Waals surface area contributed by atoms with Gasteiger partial charge in [0.15, 0.2) is 0 Å². The van der Waals surface area contributed by atoms with Crippen LogP contribution in [0.4, 0.5) is 11.6 Å². The van der Waals surface area contributed by atoms with Crippen molar-refractivity contribution in [1.82, 2.24) is 65.5 Å². The smallest absolute Gasteiger partial charge is 0.693 e. The molecule has 20 nitrogen and oxygen atoms in total. The van der Waals surface area contributed by atoms with Crippen molar-refractivity contribution in [1.29, 1.82) is 0 Å². The van der Waals surface area contributed by atoms with Gasteiger partial charge in [0.1, 0.15) is 11.6 Å². The van der Waals surface area contributed by atoms with Gasteiger partial charge in [0, 0.05) is 83.9 Å². The van der Waals surface area contributed by atoms with E-state index >= 15 is 0 Å². The van der Waals surface area contributed by atoms with Crippen LogP contribution in [0.2, 0.25) is 0 Å². The Kier molecular flexibility index (Phi) is 25.8. The molecular weight excluding hydrogens is 1500 g/mol. The van der Waals surface area contributed by atoms with Gasteiger partial charge in [-0.3, -0.25) is 44.5 Å². The van der Waals surface area contributed by atoms with Crippen molar-refractivity contribution in [2.24, 2.45) is 23.3 Å². The first-order valence-electron chi connectivity index (χ1n) is 31.3. The van der Waals surface area contributed by atoms with E-state index in [0.29, 0.717) is 81.6 Å². The fourth-order valence-corrected chi connectivity index (χ4v) is 12.6. The Morgan fingerprint density at radius 1 is 0.365 bits per heavy atom. The van der Waals surface area contributed by atoms with Crippen molar-refractivity contribution < 1.29 is 160 Å². The zero-order valence-electron chi connectivity index (χ0n) is 53.1. The molecule has 17 heterocycles. The van der Waals surface area contributed by atoms with Gasteiger partial charge in [-0.2, -0.15) is 0 Å².